The molecule has 4 rings (SSSR count). The van der Waals surface area contributed by atoms with E-state index in [0.29, 0.717) is 45.3 Å². The largest absolute Gasteiger partial charge is 0.489 e. The van der Waals surface area contributed by atoms with Crippen LogP contribution in [-0.4, -0.2) is 35.6 Å². The van der Waals surface area contributed by atoms with E-state index in [-0.39, 0.29) is 11.9 Å². The third-order valence-electron chi connectivity index (χ3n) is 5.14. The molecule has 1 aliphatic heterocycles. The van der Waals surface area contributed by atoms with Crippen LogP contribution in [0.2, 0.25) is 5.02 Å². The van der Waals surface area contributed by atoms with Gasteiger partial charge in [0, 0.05) is 17.6 Å². The van der Waals surface area contributed by atoms with Crippen molar-refractivity contribution in [3.8, 4) is 5.75 Å². The number of carbonyl (C=O) groups excluding carboxylic acids is 2. The molecule has 178 valence electrons. The average molecular weight is 507 g/mol. The van der Waals surface area contributed by atoms with Crippen LogP contribution in [0.15, 0.2) is 82.7 Å². The van der Waals surface area contributed by atoms with E-state index in [0.717, 1.165) is 11.1 Å². The summed E-state index contributed by atoms with van der Waals surface area (Å²) in [7, 11) is 1.69. The van der Waals surface area contributed by atoms with Crippen LogP contribution in [0.5, 0.6) is 5.75 Å². The summed E-state index contributed by atoms with van der Waals surface area (Å²) in [6.45, 7) is 2.46. The first-order valence-corrected chi connectivity index (χ1v) is 12.1. The van der Waals surface area contributed by atoms with Crippen molar-refractivity contribution in [3.63, 3.8) is 0 Å². The first-order chi connectivity index (χ1) is 16.9. The lowest BCUT2D eigenvalue weighted by atomic mass is 10.2. The molecule has 0 N–H and O–H groups in total. The summed E-state index contributed by atoms with van der Waals surface area (Å²) in [6, 6.07) is 21.8. The van der Waals surface area contributed by atoms with Crippen molar-refractivity contribution in [1.29, 1.82) is 0 Å². The zero-order chi connectivity index (χ0) is 24.8. The van der Waals surface area contributed by atoms with Gasteiger partial charge < -0.3 is 9.47 Å². The lowest BCUT2D eigenvalue weighted by molar-refractivity contribution is -0.121. The predicted octanol–water partition coefficient (Wildman–Crippen LogP) is 6.33. The highest BCUT2D eigenvalue weighted by Crippen LogP contribution is 2.33. The lowest BCUT2D eigenvalue weighted by Crippen LogP contribution is -2.23. The topological polar surface area (TPSA) is 68.2 Å². The molecular weight excluding hydrogens is 484 g/mol. The summed E-state index contributed by atoms with van der Waals surface area (Å²) < 4.78 is 10.8. The van der Waals surface area contributed by atoms with Crippen LogP contribution in [0.3, 0.4) is 0 Å². The van der Waals surface area contributed by atoms with Gasteiger partial charge in [0.05, 0.1) is 22.8 Å². The predicted molar refractivity (Wildman–Crippen MR) is 140 cm³/mol. The normalized spacial score (nSPS) is 15.6. The summed E-state index contributed by atoms with van der Waals surface area (Å²) in [5.74, 6) is 0.207. The van der Waals surface area contributed by atoms with Crippen LogP contribution in [-0.2, 0) is 16.1 Å². The molecule has 0 bridgehead atoms. The number of nitrogens with zero attached hydrogens (tertiary/aromatic N) is 2. The Morgan fingerprint density at radius 1 is 1.06 bits per heavy atom. The van der Waals surface area contributed by atoms with Crippen molar-refractivity contribution in [2.45, 2.75) is 13.5 Å². The maximum Gasteiger partial charge on any atom is 0.338 e. The highest BCUT2D eigenvalue weighted by Gasteiger charge is 2.30. The van der Waals surface area contributed by atoms with Gasteiger partial charge in [0.15, 0.2) is 5.17 Å². The minimum atomic E-state index is -0.375. The van der Waals surface area contributed by atoms with Crippen LogP contribution in [0, 0.1) is 0 Å². The number of benzene rings is 3. The highest BCUT2D eigenvalue weighted by atomic mass is 35.5. The van der Waals surface area contributed by atoms with Crippen LogP contribution in [0.25, 0.3) is 6.08 Å². The summed E-state index contributed by atoms with van der Waals surface area (Å²) in [4.78, 5) is 31.2. The zero-order valence-electron chi connectivity index (χ0n) is 19.2. The Kier molecular flexibility index (Phi) is 7.90. The maximum atomic E-state index is 12.7. The van der Waals surface area contributed by atoms with E-state index in [2.05, 4.69) is 4.99 Å². The molecule has 0 aliphatic carbocycles. The molecule has 3 aromatic rings. The summed E-state index contributed by atoms with van der Waals surface area (Å²) in [6.07, 6.45) is 1.83. The Hall–Kier alpha value is -3.55. The van der Waals surface area contributed by atoms with Gasteiger partial charge in [0.1, 0.15) is 12.4 Å². The van der Waals surface area contributed by atoms with Crippen molar-refractivity contribution >= 4 is 52.2 Å². The Morgan fingerprint density at radius 3 is 2.46 bits per heavy atom. The number of amides is 1. The van der Waals surface area contributed by atoms with E-state index < -0.39 is 0 Å². The average Bonchev–Trinajstić information content (AvgIpc) is 3.12. The highest BCUT2D eigenvalue weighted by molar-refractivity contribution is 8.18. The van der Waals surface area contributed by atoms with Gasteiger partial charge in [-0.25, -0.2) is 9.79 Å². The van der Waals surface area contributed by atoms with Crippen molar-refractivity contribution in [1.82, 2.24) is 4.90 Å². The number of esters is 1. The minimum absolute atomic E-state index is 0.129. The molecule has 1 saturated heterocycles. The van der Waals surface area contributed by atoms with Gasteiger partial charge in [0.25, 0.3) is 5.91 Å². The number of thioether (sulfide) groups is 1. The fourth-order valence-electron chi connectivity index (χ4n) is 3.24. The molecule has 1 aliphatic rings. The molecule has 1 fully saturated rings. The second-order valence-corrected chi connectivity index (χ2v) is 9.00. The second-order valence-electron chi connectivity index (χ2n) is 7.59. The van der Waals surface area contributed by atoms with E-state index in [1.165, 1.54) is 16.7 Å². The summed E-state index contributed by atoms with van der Waals surface area (Å²) in [5.41, 5.74) is 2.89. The molecule has 0 unspecified atom stereocenters. The Bertz CT molecular complexity index is 1290. The fraction of sp³-hybridized carbons (Fsp3) is 0.148. The Labute approximate surface area is 213 Å². The van der Waals surface area contributed by atoms with Gasteiger partial charge in [-0.3, -0.25) is 9.69 Å². The molecular formula is C27H23ClN2O4S. The first kappa shape index (κ1) is 24.6. The SMILES string of the molecule is CCOC(=O)c1ccc(N=C2SC(=Cc3ccc(OCc4ccccc4Cl)cc3)C(=O)N2C)cc1. The number of aliphatic imine (C=N–C) groups is 1. The van der Waals surface area contributed by atoms with E-state index in [4.69, 9.17) is 21.1 Å². The molecule has 0 radical (unpaired) electrons. The van der Waals surface area contributed by atoms with Gasteiger partial charge in [-0.2, -0.15) is 0 Å². The number of rotatable bonds is 7. The number of likely N-dealkylation sites (N-methyl/N-ethyl adjacent to an activating group) is 1. The molecule has 8 heteroatoms. The zero-order valence-corrected chi connectivity index (χ0v) is 20.8. The third-order valence-corrected chi connectivity index (χ3v) is 6.57. The van der Waals surface area contributed by atoms with Crippen LogP contribution < -0.4 is 4.74 Å². The number of carbonyl (C=O) groups is 2. The van der Waals surface area contributed by atoms with Crippen molar-refractivity contribution < 1.29 is 19.1 Å². The lowest BCUT2D eigenvalue weighted by Gasteiger charge is -2.08. The number of halogens is 1. The van der Waals surface area contributed by atoms with Gasteiger partial charge in [0.2, 0.25) is 0 Å². The first-order valence-electron chi connectivity index (χ1n) is 10.9. The molecule has 0 atom stereocenters. The summed E-state index contributed by atoms with van der Waals surface area (Å²) >= 11 is 7.47. The van der Waals surface area contributed by atoms with E-state index in [1.54, 1.807) is 38.2 Å². The smallest absolute Gasteiger partial charge is 0.338 e. The number of hydrogen-bond acceptors (Lipinski definition) is 6. The van der Waals surface area contributed by atoms with Crippen molar-refractivity contribution in [2.24, 2.45) is 4.99 Å². The maximum absolute atomic E-state index is 12.7. The monoisotopic (exact) mass is 506 g/mol. The third kappa shape index (κ3) is 6.12. The standard InChI is InChI=1S/C27H23ClN2O4S/c1-3-33-26(32)19-10-12-21(13-11-19)29-27-30(2)25(31)24(35-27)16-18-8-14-22(15-9-18)34-17-20-6-4-5-7-23(20)28/h4-16H,3,17H2,1-2H3. The number of ether oxygens (including phenoxy) is 2. The van der Waals surface area contributed by atoms with Crippen LogP contribution >= 0.6 is 23.4 Å². The molecule has 1 heterocycles. The molecule has 1 amide bonds. The second kappa shape index (κ2) is 11.3. The van der Waals surface area contributed by atoms with Gasteiger partial charge in [-0.1, -0.05) is 41.9 Å². The molecule has 0 spiro atoms. The molecule has 6 nitrogen and oxygen atoms in total. The molecule has 0 saturated carbocycles. The van der Waals surface area contributed by atoms with Gasteiger partial charge in [-0.05, 0) is 72.8 Å². The molecule has 35 heavy (non-hydrogen) atoms. The van der Waals surface area contributed by atoms with Crippen LogP contribution in [0.4, 0.5) is 5.69 Å². The van der Waals surface area contributed by atoms with E-state index in [1.807, 2.05) is 54.6 Å². The van der Waals surface area contributed by atoms with Crippen LogP contribution in [0.1, 0.15) is 28.4 Å². The van der Waals surface area contributed by atoms with Gasteiger partial charge >= 0.3 is 5.97 Å². The minimum Gasteiger partial charge on any atom is -0.489 e. The number of hydrogen-bond donors (Lipinski definition) is 0. The fourth-order valence-corrected chi connectivity index (χ4v) is 4.41. The van der Waals surface area contributed by atoms with Gasteiger partial charge in [-0.15, -0.1) is 0 Å². The Balaban J connectivity index is 1.42. The Morgan fingerprint density at radius 2 is 1.77 bits per heavy atom. The molecule has 0 aromatic heterocycles. The van der Waals surface area contributed by atoms with E-state index >= 15 is 0 Å². The van der Waals surface area contributed by atoms with Crippen molar-refractivity contribution in [3.05, 3.63) is 99.4 Å². The molecule has 3 aromatic carbocycles. The quantitative estimate of drug-likeness (QED) is 0.276. The van der Waals surface area contributed by atoms with E-state index in [9.17, 15) is 9.59 Å². The van der Waals surface area contributed by atoms with Crippen molar-refractivity contribution in [2.75, 3.05) is 13.7 Å². The number of amidine groups is 1. The summed E-state index contributed by atoms with van der Waals surface area (Å²) in [5, 5.41) is 1.23.